The molecule has 0 saturated carbocycles. The molecule has 6 nitrogen and oxygen atoms in total. The monoisotopic (exact) mass is 295 g/mol. The molecule has 3 rings (SSSR count). The van der Waals surface area contributed by atoms with Crippen molar-refractivity contribution in [3.05, 3.63) is 64.2 Å². The van der Waals surface area contributed by atoms with E-state index in [1.54, 1.807) is 19.1 Å². The topological polar surface area (TPSA) is 94.8 Å². The fourth-order valence-electron chi connectivity index (χ4n) is 2.38. The van der Waals surface area contributed by atoms with Gasteiger partial charge in [0, 0.05) is 35.1 Å². The van der Waals surface area contributed by atoms with Crippen molar-refractivity contribution in [2.45, 2.75) is 6.92 Å². The lowest BCUT2D eigenvalue weighted by Crippen LogP contribution is -2.26. The van der Waals surface area contributed by atoms with E-state index in [9.17, 15) is 14.4 Å². The summed E-state index contributed by atoms with van der Waals surface area (Å²) in [5.74, 6) is -1.53. The van der Waals surface area contributed by atoms with Crippen molar-refractivity contribution in [3.63, 3.8) is 0 Å². The zero-order valence-corrected chi connectivity index (χ0v) is 11.8. The minimum atomic E-state index is -0.843. The number of anilines is 1. The number of rotatable bonds is 3. The smallest absolute Gasteiger partial charge is 0.297 e. The van der Waals surface area contributed by atoms with Crippen molar-refractivity contribution < 1.29 is 9.59 Å². The largest absolute Gasteiger partial charge is 0.366 e. The number of aromatic amines is 2. The molecule has 0 radical (unpaired) electrons. The van der Waals surface area contributed by atoms with Gasteiger partial charge in [0.15, 0.2) is 0 Å². The van der Waals surface area contributed by atoms with Gasteiger partial charge in [-0.25, -0.2) is 0 Å². The van der Waals surface area contributed by atoms with Gasteiger partial charge in [-0.1, -0.05) is 18.2 Å². The molecule has 3 aromatic rings. The Morgan fingerprint density at radius 1 is 1.14 bits per heavy atom. The molecule has 0 unspecified atom stereocenters. The highest BCUT2D eigenvalue weighted by Crippen LogP contribution is 2.22. The highest BCUT2D eigenvalue weighted by atomic mass is 16.2. The van der Waals surface area contributed by atoms with Crippen LogP contribution in [0.3, 0.4) is 0 Å². The standard InChI is InChI=1S/C16H13N3O3/c1-9-14(10-4-2-3-5-11(10)18-9)15(21)16(22)19-12-8-17-7-6-13(12)20/h2-8,18H,1H3,(H,17,20)(H,19,22). The summed E-state index contributed by atoms with van der Waals surface area (Å²) in [4.78, 5) is 41.9. The fourth-order valence-corrected chi connectivity index (χ4v) is 2.38. The van der Waals surface area contributed by atoms with Gasteiger partial charge in [0.1, 0.15) is 5.69 Å². The lowest BCUT2D eigenvalue weighted by atomic mass is 10.1. The van der Waals surface area contributed by atoms with Crippen LogP contribution in [0.4, 0.5) is 5.69 Å². The number of benzene rings is 1. The zero-order valence-electron chi connectivity index (χ0n) is 11.8. The van der Waals surface area contributed by atoms with Crippen LogP contribution >= 0.6 is 0 Å². The number of ketones is 1. The van der Waals surface area contributed by atoms with Crippen molar-refractivity contribution >= 4 is 28.3 Å². The van der Waals surface area contributed by atoms with Crippen LogP contribution in [0, 0.1) is 6.92 Å². The number of carbonyl (C=O) groups excluding carboxylic acids is 2. The molecule has 0 fully saturated rings. The third kappa shape index (κ3) is 2.31. The number of carbonyl (C=O) groups is 2. The first-order chi connectivity index (χ1) is 10.6. The minimum absolute atomic E-state index is 0.0401. The number of hydrogen-bond donors (Lipinski definition) is 3. The summed E-state index contributed by atoms with van der Waals surface area (Å²) in [5, 5.41) is 3.03. The highest BCUT2D eigenvalue weighted by molar-refractivity contribution is 6.48. The van der Waals surface area contributed by atoms with Crippen LogP contribution in [0.5, 0.6) is 0 Å². The van der Waals surface area contributed by atoms with Crippen LogP contribution < -0.4 is 10.7 Å². The van der Waals surface area contributed by atoms with Crippen molar-refractivity contribution in [2.24, 2.45) is 0 Å². The second kappa shape index (κ2) is 5.33. The molecule has 3 N–H and O–H groups in total. The zero-order chi connectivity index (χ0) is 15.7. The number of para-hydroxylation sites is 1. The molecule has 110 valence electrons. The third-order valence-corrected chi connectivity index (χ3v) is 3.40. The average molecular weight is 295 g/mol. The molecule has 2 heterocycles. The van der Waals surface area contributed by atoms with Crippen LogP contribution in [-0.4, -0.2) is 21.7 Å². The first kappa shape index (κ1) is 13.8. The van der Waals surface area contributed by atoms with Crippen LogP contribution in [0.2, 0.25) is 0 Å². The minimum Gasteiger partial charge on any atom is -0.366 e. The number of aryl methyl sites for hydroxylation is 1. The lowest BCUT2D eigenvalue weighted by molar-refractivity contribution is -0.112. The van der Waals surface area contributed by atoms with Gasteiger partial charge in [-0.2, -0.15) is 0 Å². The number of H-pyrrole nitrogens is 2. The fraction of sp³-hybridized carbons (Fsp3) is 0.0625. The first-order valence-corrected chi connectivity index (χ1v) is 6.68. The molecule has 0 aliphatic carbocycles. The number of amides is 1. The summed E-state index contributed by atoms with van der Waals surface area (Å²) in [6.45, 7) is 1.73. The number of Topliss-reactive ketones (excluding diaryl/α,β-unsaturated/α-hetero) is 1. The molecule has 6 heteroatoms. The second-order valence-corrected chi connectivity index (χ2v) is 4.88. The van der Waals surface area contributed by atoms with E-state index in [0.717, 1.165) is 5.52 Å². The van der Waals surface area contributed by atoms with Crippen LogP contribution in [0.1, 0.15) is 16.1 Å². The van der Waals surface area contributed by atoms with Gasteiger partial charge in [-0.05, 0) is 13.0 Å². The normalized spacial score (nSPS) is 10.6. The summed E-state index contributed by atoms with van der Waals surface area (Å²) in [6, 6.07) is 8.52. The number of nitrogens with one attached hydrogen (secondary N) is 3. The van der Waals surface area contributed by atoms with E-state index in [0.29, 0.717) is 16.6 Å². The van der Waals surface area contributed by atoms with E-state index >= 15 is 0 Å². The van der Waals surface area contributed by atoms with Gasteiger partial charge >= 0.3 is 0 Å². The van der Waals surface area contributed by atoms with Gasteiger partial charge in [0.05, 0.1) is 5.56 Å². The van der Waals surface area contributed by atoms with Gasteiger partial charge in [0.25, 0.3) is 11.7 Å². The first-order valence-electron chi connectivity index (χ1n) is 6.68. The Bertz CT molecular complexity index is 937. The number of aromatic nitrogens is 2. The van der Waals surface area contributed by atoms with Crippen molar-refractivity contribution in [2.75, 3.05) is 5.32 Å². The summed E-state index contributed by atoms with van der Waals surface area (Å²) in [7, 11) is 0. The third-order valence-electron chi connectivity index (χ3n) is 3.40. The Balaban J connectivity index is 1.96. The summed E-state index contributed by atoms with van der Waals surface area (Å²) in [6.07, 6.45) is 2.79. The van der Waals surface area contributed by atoms with E-state index in [1.165, 1.54) is 18.5 Å². The second-order valence-electron chi connectivity index (χ2n) is 4.88. The van der Waals surface area contributed by atoms with Crippen LogP contribution in [0.25, 0.3) is 10.9 Å². The number of pyridine rings is 1. The molecular formula is C16H13N3O3. The summed E-state index contributed by atoms with van der Waals surface area (Å²) in [5.41, 5.74) is 1.39. The van der Waals surface area contributed by atoms with Crippen LogP contribution in [-0.2, 0) is 4.79 Å². The maximum Gasteiger partial charge on any atom is 0.297 e. The van der Waals surface area contributed by atoms with Gasteiger partial charge in [-0.15, -0.1) is 0 Å². The van der Waals surface area contributed by atoms with Gasteiger partial charge in [0.2, 0.25) is 5.43 Å². The van der Waals surface area contributed by atoms with Crippen molar-refractivity contribution in [3.8, 4) is 0 Å². The van der Waals surface area contributed by atoms with E-state index < -0.39 is 11.7 Å². The molecular weight excluding hydrogens is 282 g/mol. The predicted octanol–water partition coefficient (Wildman–Crippen LogP) is 1.99. The van der Waals surface area contributed by atoms with Crippen molar-refractivity contribution in [1.82, 2.24) is 9.97 Å². The van der Waals surface area contributed by atoms with E-state index in [4.69, 9.17) is 0 Å². The van der Waals surface area contributed by atoms with E-state index in [1.807, 2.05) is 12.1 Å². The molecule has 0 aliphatic rings. The highest BCUT2D eigenvalue weighted by Gasteiger charge is 2.23. The summed E-state index contributed by atoms with van der Waals surface area (Å²) < 4.78 is 0. The maximum atomic E-state index is 12.4. The van der Waals surface area contributed by atoms with Gasteiger partial charge < -0.3 is 15.3 Å². The molecule has 22 heavy (non-hydrogen) atoms. The number of fused-ring (bicyclic) bond motifs is 1. The molecule has 1 amide bonds. The van der Waals surface area contributed by atoms with Gasteiger partial charge in [-0.3, -0.25) is 14.4 Å². The SMILES string of the molecule is Cc1[nH]c2ccccc2c1C(=O)C(=O)Nc1c[nH]ccc1=O. The molecule has 0 saturated heterocycles. The maximum absolute atomic E-state index is 12.4. The predicted molar refractivity (Wildman–Crippen MR) is 83.1 cm³/mol. The Hall–Kier alpha value is -3.15. The van der Waals surface area contributed by atoms with E-state index in [-0.39, 0.29) is 11.1 Å². The van der Waals surface area contributed by atoms with Crippen LogP contribution in [0.15, 0.2) is 47.5 Å². The molecule has 1 aromatic carbocycles. The molecule has 2 aromatic heterocycles. The molecule has 0 aliphatic heterocycles. The van der Waals surface area contributed by atoms with E-state index in [2.05, 4.69) is 15.3 Å². The molecule has 0 bridgehead atoms. The Morgan fingerprint density at radius 3 is 2.68 bits per heavy atom. The molecule has 0 atom stereocenters. The number of hydrogen-bond acceptors (Lipinski definition) is 3. The Kier molecular flexibility index (Phi) is 3.34. The lowest BCUT2D eigenvalue weighted by Gasteiger charge is -2.03. The Labute approximate surface area is 125 Å². The average Bonchev–Trinajstić information content (AvgIpc) is 2.84. The Morgan fingerprint density at radius 2 is 1.91 bits per heavy atom. The van der Waals surface area contributed by atoms with Crippen molar-refractivity contribution in [1.29, 1.82) is 0 Å². The quantitative estimate of drug-likeness (QED) is 0.509. The summed E-state index contributed by atoms with van der Waals surface area (Å²) >= 11 is 0. The molecule has 0 spiro atoms.